The van der Waals surface area contributed by atoms with Gasteiger partial charge in [0.25, 0.3) is 0 Å². The van der Waals surface area contributed by atoms with Gasteiger partial charge in [0, 0.05) is 16.1 Å². The van der Waals surface area contributed by atoms with E-state index in [0.717, 1.165) is 48.7 Å². The van der Waals surface area contributed by atoms with Crippen LogP contribution in [-0.2, 0) is 4.79 Å². The zero-order valence-electron chi connectivity index (χ0n) is 13.4. The normalized spacial score (nSPS) is 30.2. The first-order chi connectivity index (χ1) is 11.3. The Balaban J connectivity index is 1.61. The number of hydrogen-bond acceptors (Lipinski definition) is 1. The average molecular weight is 374 g/mol. The van der Waals surface area contributed by atoms with Crippen molar-refractivity contribution in [3.8, 4) is 0 Å². The number of allylic oxidation sites excluding steroid dienone is 4. The molecule has 1 amide bonds. The van der Waals surface area contributed by atoms with E-state index in [4.69, 9.17) is 0 Å². The second-order valence-electron chi connectivity index (χ2n) is 6.53. The molecule has 1 fully saturated rings. The fourth-order valence-corrected chi connectivity index (χ4v) is 4.05. The van der Waals surface area contributed by atoms with Crippen LogP contribution in [0.2, 0.25) is 0 Å². The van der Waals surface area contributed by atoms with Gasteiger partial charge in [-0.3, -0.25) is 4.79 Å². The summed E-state index contributed by atoms with van der Waals surface area (Å²) in [5.74, 6) is 1.50. The van der Waals surface area contributed by atoms with Gasteiger partial charge >= 0.3 is 0 Å². The molecule has 2 nitrogen and oxygen atoms in total. The Bertz CT molecular complexity index is 583. The molecule has 1 aromatic carbocycles. The number of carbonyl (C=O) groups excluding carboxylic acids is 1. The van der Waals surface area contributed by atoms with E-state index in [1.54, 1.807) is 0 Å². The Morgan fingerprint density at radius 3 is 2.17 bits per heavy atom. The minimum atomic E-state index is 0.191. The minimum absolute atomic E-state index is 0.191. The highest BCUT2D eigenvalue weighted by Crippen LogP contribution is 2.52. The molecule has 1 N–H and O–H groups in total. The molecular formula is C20H24BrNO. The van der Waals surface area contributed by atoms with Crippen LogP contribution in [0, 0.1) is 17.8 Å². The first-order valence-electron chi connectivity index (χ1n) is 8.62. The molecule has 3 heteroatoms. The van der Waals surface area contributed by atoms with Crippen molar-refractivity contribution in [2.24, 2.45) is 17.8 Å². The molecule has 0 aliphatic heterocycles. The molecule has 3 unspecified atom stereocenters. The van der Waals surface area contributed by atoms with E-state index in [2.05, 4.69) is 45.6 Å². The largest absolute Gasteiger partial charge is 0.326 e. The molecular weight excluding hydrogens is 350 g/mol. The highest BCUT2D eigenvalue weighted by molar-refractivity contribution is 9.10. The summed E-state index contributed by atoms with van der Waals surface area (Å²) in [4.78, 5) is 12.6. The fraction of sp³-hybridized carbons (Fsp3) is 0.450. The summed E-state index contributed by atoms with van der Waals surface area (Å²) >= 11 is 3.45. The molecule has 1 saturated carbocycles. The van der Waals surface area contributed by atoms with Gasteiger partial charge in [-0.1, -0.05) is 46.3 Å². The predicted molar refractivity (Wildman–Crippen MR) is 99.2 cm³/mol. The quantitative estimate of drug-likeness (QED) is 0.660. The maximum Gasteiger partial charge on any atom is 0.228 e. The highest BCUT2D eigenvalue weighted by Gasteiger charge is 2.52. The van der Waals surface area contributed by atoms with Gasteiger partial charge in [0.15, 0.2) is 0 Å². The summed E-state index contributed by atoms with van der Waals surface area (Å²) in [5.41, 5.74) is 0.881. The summed E-state index contributed by atoms with van der Waals surface area (Å²) in [6, 6.07) is 7.83. The van der Waals surface area contributed by atoms with Gasteiger partial charge in [-0.25, -0.2) is 0 Å². The highest BCUT2D eigenvalue weighted by atomic mass is 79.9. The van der Waals surface area contributed by atoms with Crippen LogP contribution < -0.4 is 5.32 Å². The lowest BCUT2D eigenvalue weighted by molar-refractivity contribution is -0.117. The molecule has 3 rings (SSSR count). The van der Waals surface area contributed by atoms with E-state index >= 15 is 0 Å². The van der Waals surface area contributed by atoms with Crippen LogP contribution in [0.3, 0.4) is 0 Å². The maximum absolute atomic E-state index is 12.6. The maximum atomic E-state index is 12.6. The van der Waals surface area contributed by atoms with Gasteiger partial charge in [-0.15, -0.1) is 0 Å². The molecule has 23 heavy (non-hydrogen) atoms. The number of amides is 1. The van der Waals surface area contributed by atoms with Crippen LogP contribution in [-0.4, -0.2) is 5.91 Å². The minimum Gasteiger partial charge on any atom is -0.326 e. The van der Waals surface area contributed by atoms with E-state index in [-0.39, 0.29) is 11.8 Å². The lowest BCUT2D eigenvalue weighted by Crippen LogP contribution is -2.15. The molecule has 2 aliphatic carbocycles. The Morgan fingerprint density at radius 2 is 1.57 bits per heavy atom. The van der Waals surface area contributed by atoms with E-state index in [1.807, 2.05) is 24.3 Å². The molecule has 0 radical (unpaired) electrons. The smallest absolute Gasteiger partial charge is 0.228 e. The van der Waals surface area contributed by atoms with Crippen LogP contribution in [0.15, 0.2) is 53.0 Å². The molecule has 0 bridgehead atoms. The zero-order chi connectivity index (χ0) is 16.1. The van der Waals surface area contributed by atoms with Crippen molar-refractivity contribution in [2.75, 3.05) is 5.32 Å². The predicted octanol–water partition coefficient (Wildman–Crippen LogP) is 5.72. The SMILES string of the molecule is O=C(Nc1cccc(Br)c1)C1C2CC/C=C\CC/C=C/CCC21. The fourth-order valence-electron chi connectivity index (χ4n) is 3.65. The van der Waals surface area contributed by atoms with E-state index in [0.29, 0.717) is 11.8 Å². The summed E-state index contributed by atoms with van der Waals surface area (Å²) in [5, 5.41) is 3.09. The van der Waals surface area contributed by atoms with Crippen molar-refractivity contribution in [3.63, 3.8) is 0 Å². The lowest BCUT2D eigenvalue weighted by Gasteiger charge is -2.05. The molecule has 2 aliphatic rings. The van der Waals surface area contributed by atoms with Gasteiger partial charge in [0.05, 0.1) is 0 Å². The Kier molecular flexibility index (Phi) is 5.71. The summed E-state index contributed by atoms with van der Waals surface area (Å²) in [6.45, 7) is 0. The molecule has 1 aromatic rings. The topological polar surface area (TPSA) is 29.1 Å². The number of carbonyl (C=O) groups is 1. The first-order valence-corrected chi connectivity index (χ1v) is 9.41. The van der Waals surface area contributed by atoms with E-state index < -0.39 is 0 Å². The van der Waals surface area contributed by atoms with Crippen molar-refractivity contribution in [3.05, 3.63) is 53.0 Å². The van der Waals surface area contributed by atoms with Gasteiger partial charge in [0.1, 0.15) is 0 Å². The van der Waals surface area contributed by atoms with Crippen LogP contribution in [0.5, 0.6) is 0 Å². The lowest BCUT2D eigenvalue weighted by atomic mass is 10.1. The number of benzene rings is 1. The number of nitrogens with one attached hydrogen (secondary N) is 1. The molecule has 0 heterocycles. The molecule has 0 spiro atoms. The number of hydrogen-bond donors (Lipinski definition) is 1. The van der Waals surface area contributed by atoms with Crippen LogP contribution in [0.25, 0.3) is 0 Å². The monoisotopic (exact) mass is 373 g/mol. The van der Waals surface area contributed by atoms with Gasteiger partial charge < -0.3 is 5.32 Å². The van der Waals surface area contributed by atoms with Gasteiger partial charge in [0.2, 0.25) is 5.91 Å². The first kappa shape index (κ1) is 16.5. The van der Waals surface area contributed by atoms with Crippen LogP contribution in [0.4, 0.5) is 5.69 Å². The second kappa shape index (κ2) is 7.96. The van der Waals surface area contributed by atoms with Gasteiger partial charge in [-0.05, 0) is 68.6 Å². The molecule has 122 valence electrons. The van der Waals surface area contributed by atoms with Crippen molar-refractivity contribution >= 4 is 27.5 Å². The number of anilines is 1. The Morgan fingerprint density at radius 1 is 0.957 bits per heavy atom. The number of halogens is 1. The average Bonchev–Trinajstić information content (AvgIpc) is 3.20. The number of rotatable bonds is 2. The van der Waals surface area contributed by atoms with Crippen LogP contribution >= 0.6 is 15.9 Å². The third kappa shape index (κ3) is 4.57. The van der Waals surface area contributed by atoms with Crippen molar-refractivity contribution in [1.29, 1.82) is 0 Å². The summed E-state index contributed by atoms with van der Waals surface area (Å²) < 4.78 is 0.993. The van der Waals surface area contributed by atoms with E-state index in [1.165, 1.54) is 0 Å². The van der Waals surface area contributed by atoms with Crippen LogP contribution in [0.1, 0.15) is 38.5 Å². The van der Waals surface area contributed by atoms with Crippen molar-refractivity contribution < 1.29 is 4.79 Å². The second-order valence-corrected chi connectivity index (χ2v) is 7.44. The molecule has 0 aromatic heterocycles. The molecule has 0 saturated heterocycles. The van der Waals surface area contributed by atoms with Gasteiger partial charge in [-0.2, -0.15) is 0 Å². The standard InChI is InChI=1S/C20H24BrNO/c21-15-10-9-11-16(14-15)22-20(23)19-17-12-7-5-3-1-2-4-6-8-13-18(17)19/h3-6,9-11,14,17-19H,1-2,7-8,12-13H2,(H,22,23)/b5-3-,6-4+. The van der Waals surface area contributed by atoms with Crippen molar-refractivity contribution in [1.82, 2.24) is 0 Å². The third-order valence-corrected chi connectivity index (χ3v) is 5.39. The van der Waals surface area contributed by atoms with E-state index in [9.17, 15) is 4.79 Å². The van der Waals surface area contributed by atoms with Crippen molar-refractivity contribution in [2.45, 2.75) is 38.5 Å². The Hall–Kier alpha value is -1.35. The Labute approximate surface area is 147 Å². The zero-order valence-corrected chi connectivity index (χ0v) is 15.0. The third-order valence-electron chi connectivity index (χ3n) is 4.89. The summed E-state index contributed by atoms with van der Waals surface area (Å²) in [6.07, 6.45) is 15.9. The summed E-state index contributed by atoms with van der Waals surface area (Å²) in [7, 11) is 0. The molecule has 3 atom stereocenters. The number of fused-ring (bicyclic) bond motifs is 1.